The second-order valence-corrected chi connectivity index (χ2v) is 4.15. The van der Waals surface area contributed by atoms with Crippen LogP contribution < -0.4 is 5.73 Å². The van der Waals surface area contributed by atoms with E-state index in [4.69, 9.17) is 5.73 Å². The minimum Gasteiger partial charge on any atom is -0.383 e. The van der Waals surface area contributed by atoms with Crippen molar-refractivity contribution in [2.75, 3.05) is 5.73 Å². The van der Waals surface area contributed by atoms with Gasteiger partial charge in [0.25, 0.3) is 0 Å². The molecule has 0 aliphatic rings. The Morgan fingerprint density at radius 1 is 1.25 bits per heavy atom. The van der Waals surface area contributed by atoms with Crippen molar-refractivity contribution in [1.29, 1.82) is 0 Å². The van der Waals surface area contributed by atoms with Gasteiger partial charge >= 0.3 is 5.82 Å². The molecule has 3 rings (SSSR count). The van der Waals surface area contributed by atoms with E-state index in [0.717, 1.165) is 5.39 Å². The molecule has 1 aromatic carbocycles. The molecular formula is C12H10N6O2. The van der Waals surface area contributed by atoms with E-state index in [9.17, 15) is 10.1 Å². The third-order valence-corrected chi connectivity index (χ3v) is 2.85. The van der Waals surface area contributed by atoms with Crippen molar-refractivity contribution in [3.05, 3.63) is 52.5 Å². The highest BCUT2D eigenvalue weighted by Crippen LogP contribution is 2.18. The first-order chi connectivity index (χ1) is 9.65. The molecule has 2 N–H and O–H groups in total. The van der Waals surface area contributed by atoms with E-state index in [2.05, 4.69) is 15.1 Å². The number of nitrogens with zero attached hydrogens (tertiary/aromatic N) is 5. The van der Waals surface area contributed by atoms with Crippen molar-refractivity contribution < 1.29 is 4.92 Å². The van der Waals surface area contributed by atoms with E-state index in [1.807, 2.05) is 24.3 Å². The van der Waals surface area contributed by atoms with Crippen LogP contribution in [-0.4, -0.2) is 24.7 Å². The summed E-state index contributed by atoms with van der Waals surface area (Å²) in [6.07, 6.45) is 1.36. The molecule has 0 atom stereocenters. The summed E-state index contributed by atoms with van der Waals surface area (Å²) in [7, 11) is 0. The summed E-state index contributed by atoms with van der Waals surface area (Å²) >= 11 is 0. The van der Waals surface area contributed by atoms with Crippen LogP contribution in [0, 0.1) is 10.1 Å². The Kier molecular flexibility index (Phi) is 2.75. The number of hydrogen-bond donors (Lipinski definition) is 1. The lowest BCUT2D eigenvalue weighted by Crippen LogP contribution is -2.10. The van der Waals surface area contributed by atoms with Gasteiger partial charge in [0.2, 0.25) is 0 Å². The molecule has 8 heteroatoms. The Bertz CT molecular complexity index is 797. The van der Waals surface area contributed by atoms with Crippen molar-refractivity contribution in [2.45, 2.75) is 6.54 Å². The molecule has 0 saturated carbocycles. The monoisotopic (exact) mass is 270 g/mol. The third kappa shape index (κ3) is 2.03. The first-order valence-corrected chi connectivity index (χ1v) is 5.82. The number of nitrogen functional groups attached to an aromatic ring is 1. The molecule has 3 aromatic rings. The van der Waals surface area contributed by atoms with Crippen LogP contribution in [0.4, 0.5) is 11.6 Å². The number of nitro groups is 1. The van der Waals surface area contributed by atoms with Crippen LogP contribution in [0.1, 0.15) is 5.82 Å². The van der Waals surface area contributed by atoms with Gasteiger partial charge in [0.05, 0.1) is 17.8 Å². The van der Waals surface area contributed by atoms with Crippen LogP contribution in [0.15, 0.2) is 36.5 Å². The van der Waals surface area contributed by atoms with Crippen LogP contribution in [0.5, 0.6) is 0 Å². The molecule has 2 aromatic heterocycles. The van der Waals surface area contributed by atoms with Crippen molar-refractivity contribution in [3.63, 3.8) is 0 Å². The minimum absolute atomic E-state index is 0.0956. The van der Waals surface area contributed by atoms with Gasteiger partial charge < -0.3 is 15.8 Å². The van der Waals surface area contributed by atoms with Gasteiger partial charge in [0.1, 0.15) is 5.82 Å². The lowest BCUT2D eigenvalue weighted by molar-refractivity contribution is -0.392. The first-order valence-electron chi connectivity index (χ1n) is 5.82. The molecule has 0 unspecified atom stereocenters. The van der Waals surface area contributed by atoms with E-state index in [1.54, 1.807) is 0 Å². The Morgan fingerprint density at radius 2 is 2.05 bits per heavy atom. The predicted molar refractivity (Wildman–Crippen MR) is 71.9 cm³/mol. The largest absolute Gasteiger partial charge is 0.383 e. The lowest BCUT2D eigenvalue weighted by Gasteiger charge is -2.04. The number of aromatic nitrogens is 4. The molecule has 0 bridgehead atoms. The maximum absolute atomic E-state index is 10.8. The van der Waals surface area contributed by atoms with Crippen LogP contribution in [0.2, 0.25) is 0 Å². The molecule has 0 aliphatic carbocycles. The van der Waals surface area contributed by atoms with Crippen molar-refractivity contribution >= 4 is 22.5 Å². The van der Waals surface area contributed by atoms with E-state index in [-0.39, 0.29) is 12.4 Å². The molecule has 0 fully saturated rings. The highest BCUT2D eigenvalue weighted by atomic mass is 16.6. The third-order valence-electron chi connectivity index (χ3n) is 2.85. The molecule has 0 spiro atoms. The van der Waals surface area contributed by atoms with Crippen molar-refractivity contribution in [3.8, 4) is 0 Å². The predicted octanol–water partition coefficient (Wildman–Crippen LogP) is 1.36. The summed E-state index contributed by atoms with van der Waals surface area (Å²) in [5, 5.41) is 15.5. The van der Waals surface area contributed by atoms with Gasteiger partial charge in [0, 0.05) is 5.39 Å². The fourth-order valence-corrected chi connectivity index (χ4v) is 1.96. The molecule has 0 radical (unpaired) electrons. The Balaban J connectivity index is 2.03. The van der Waals surface area contributed by atoms with Gasteiger partial charge in [-0.15, -0.1) is 4.68 Å². The molecular weight excluding hydrogens is 260 g/mol. The standard InChI is InChI=1S/C12H10N6O2/c13-12-8-3-1-2-4-9(8)15-10(16-12)7-17-11(18(19)20)5-6-14-17/h1-6H,7H2,(H2,13,15,16). The zero-order valence-corrected chi connectivity index (χ0v) is 10.3. The maximum Gasteiger partial charge on any atom is 0.345 e. The summed E-state index contributed by atoms with van der Waals surface area (Å²) in [6, 6.07) is 8.65. The molecule has 0 aliphatic heterocycles. The van der Waals surface area contributed by atoms with Crippen LogP contribution in [-0.2, 0) is 6.54 Å². The molecule has 8 nitrogen and oxygen atoms in total. The number of para-hydroxylation sites is 1. The summed E-state index contributed by atoms with van der Waals surface area (Å²) in [6.45, 7) is 0.0956. The second-order valence-electron chi connectivity index (χ2n) is 4.15. The quantitative estimate of drug-likeness (QED) is 0.568. The number of nitrogens with two attached hydrogens (primary N) is 1. The van der Waals surface area contributed by atoms with Gasteiger partial charge in [-0.3, -0.25) is 0 Å². The van der Waals surface area contributed by atoms with Crippen LogP contribution >= 0.6 is 0 Å². The second kappa shape index (κ2) is 4.57. The SMILES string of the molecule is Nc1nc(Cn2nccc2[N+](=O)[O-])nc2ccccc12. The lowest BCUT2D eigenvalue weighted by atomic mass is 10.2. The Hall–Kier alpha value is -3.03. The number of benzene rings is 1. The topological polar surface area (TPSA) is 113 Å². The van der Waals surface area contributed by atoms with Crippen molar-refractivity contribution in [1.82, 2.24) is 19.7 Å². The molecule has 0 saturated heterocycles. The average Bonchev–Trinajstić information content (AvgIpc) is 2.87. The summed E-state index contributed by atoms with van der Waals surface area (Å²) < 4.78 is 1.23. The Labute approximate surface area is 113 Å². The van der Waals surface area contributed by atoms with Gasteiger partial charge in [0.15, 0.2) is 12.4 Å². The number of hydrogen-bond acceptors (Lipinski definition) is 6. The zero-order valence-electron chi connectivity index (χ0n) is 10.3. The summed E-state index contributed by atoms with van der Waals surface area (Å²) in [4.78, 5) is 18.8. The van der Waals surface area contributed by atoms with Gasteiger partial charge in [-0.1, -0.05) is 17.2 Å². The normalized spacial score (nSPS) is 10.8. The average molecular weight is 270 g/mol. The van der Waals surface area contributed by atoms with Crippen molar-refractivity contribution in [2.24, 2.45) is 0 Å². The van der Waals surface area contributed by atoms with E-state index < -0.39 is 4.92 Å². The van der Waals surface area contributed by atoms with E-state index >= 15 is 0 Å². The van der Waals surface area contributed by atoms with Gasteiger partial charge in [-0.2, -0.15) is 0 Å². The van der Waals surface area contributed by atoms with Gasteiger partial charge in [-0.25, -0.2) is 9.97 Å². The fourth-order valence-electron chi connectivity index (χ4n) is 1.96. The highest BCUT2D eigenvalue weighted by molar-refractivity contribution is 5.87. The van der Waals surface area contributed by atoms with Gasteiger partial charge in [-0.05, 0) is 17.1 Å². The first kappa shape index (κ1) is 12.0. The number of anilines is 1. The van der Waals surface area contributed by atoms with Crippen LogP contribution in [0.3, 0.4) is 0 Å². The number of fused-ring (bicyclic) bond motifs is 1. The Morgan fingerprint density at radius 3 is 2.85 bits per heavy atom. The number of rotatable bonds is 3. The highest BCUT2D eigenvalue weighted by Gasteiger charge is 2.16. The zero-order chi connectivity index (χ0) is 14.1. The fraction of sp³-hybridized carbons (Fsp3) is 0.0833. The minimum atomic E-state index is -0.503. The summed E-state index contributed by atoms with van der Waals surface area (Å²) in [5.74, 6) is 0.619. The molecule has 20 heavy (non-hydrogen) atoms. The van der Waals surface area contributed by atoms with Crippen LogP contribution in [0.25, 0.3) is 10.9 Å². The van der Waals surface area contributed by atoms with E-state index in [1.165, 1.54) is 16.9 Å². The molecule has 100 valence electrons. The summed E-state index contributed by atoms with van der Waals surface area (Å²) in [5.41, 5.74) is 6.57. The maximum atomic E-state index is 10.8. The molecule has 0 amide bonds. The smallest absolute Gasteiger partial charge is 0.345 e. The van der Waals surface area contributed by atoms with E-state index in [0.29, 0.717) is 17.2 Å². The molecule has 2 heterocycles.